The maximum atomic E-state index is 13.2. The first kappa shape index (κ1) is 21.4. The van der Waals surface area contributed by atoms with Gasteiger partial charge in [0.15, 0.2) is 27.1 Å². The number of ketones is 1. The number of sulfone groups is 1. The van der Waals surface area contributed by atoms with Crippen LogP contribution in [0.1, 0.15) is 20.8 Å². The molecule has 3 rings (SSSR count). The summed E-state index contributed by atoms with van der Waals surface area (Å²) >= 11 is 4.43. The van der Waals surface area contributed by atoms with Gasteiger partial charge in [0, 0.05) is 25.3 Å². The number of hydrogen-bond donors (Lipinski definition) is 0. The van der Waals surface area contributed by atoms with Gasteiger partial charge < -0.3 is 4.74 Å². The van der Waals surface area contributed by atoms with E-state index in [0.29, 0.717) is 10.7 Å². The molecule has 0 aliphatic carbocycles. The van der Waals surface area contributed by atoms with Crippen molar-refractivity contribution in [3.8, 4) is 0 Å². The van der Waals surface area contributed by atoms with Gasteiger partial charge in [0.1, 0.15) is 4.16 Å². The minimum Gasteiger partial charge on any atom is -0.368 e. The number of alkyl halides is 1. The molecule has 2 aliphatic heterocycles. The maximum absolute atomic E-state index is 13.2. The molecule has 0 aromatic carbocycles. The van der Waals surface area contributed by atoms with Crippen molar-refractivity contribution in [1.29, 1.82) is 0 Å². The number of rotatable bonds is 5. The fourth-order valence-electron chi connectivity index (χ4n) is 3.02. The number of Topliss-reactive ketones (excluding diaryl/α,β-unsaturated/α-hetero) is 1. The number of thioether (sulfide) groups is 1. The van der Waals surface area contributed by atoms with Crippen molar-refractivity contribution < 1.29 is 22.7 Å². The van der Waals surface area contributed by atoms with Crippen LogP contribution in [0.5, 0.6) is 0 Å². The number of aryl methyl sites for hydroxylation is 1. The largest absolute Gasteiger partial charge is 0.368 e. The standard InChI is InChI=1S/C15H20BrN5O5S2/c1-15(2,3)10(22)8-7(6-27-14-17-18-19-20(14)4)11(16)28(24,25)13-9(26-5)12(23)21(8)13/h9,11,13H,6H2,1-5H3/t9-,11-,13+/m0/s1. The van der Waals surface area contributed by atoms with Crippen LogP contribution in [0.2, 0.25) is 0 Å². The topological polar surface area (TPSA) is 124 Å². The average molecular weight is 494 g/mol. The van der Waals surface area contributed by atoms with Gasteiger partial charge in [-0.05, 0) is 16.0 Å². The van der Waals surface area contributed by atoms with Crippen LogP contribution in [0.4, 0.5) is 0 Å². The molecule has 28 heavy (non-hydrogen) atoms. The highest BCUT2D eigenvalue weighted by Gasteiger charge is 2.63. The fourth-order valence-corrected chi connectivity index (χ4v) is 7.20. The number of tetrazole rings is 1. The third-order valence-corrected chi connectivity index (χ3v) is 9.69. The van der Waals surface area contributed by atoms with Crippen molar-refractivity contribution in [3.05, 3.63) is 11.3 Å². The number of β-lactam (4-membered cyclic amide) rings is 1. The predicted molar refractivity (Wildman–Crippen MR) is 104 cm³/mol. The number of hydrogen-bond acceptors (Lipinski definition) is 9. The summed E-state index contributed by atoms with van der Waals surface area (Å²) in [5, 5.41) is 10.4. The second kappa shape index (κ2) is 7.18. The summed E-state index contributed by atoms with van der Waals surface area (Å²) in [6.07, 6.45) is -1.12. The Morgan fingerprint density at radius 3 is 2.50 bits per heavy atom. The summed E-state index contributed by atoms with van der Waals surface area (Å²) in [4.78, 5) is 26.8. The molecule has 1 aromatic heterocycles. The Hall–Kier alpha value is -1.31. The Morgan fingerprint density at radius 2 is 2.00 bits per heavy atom. The number of carbonyl (C=O) groups excluding carboxylic acids is 2. The Bertz CT molecular complexity index is 968. The van der Waals surface area contributed by atoms with Gasteiger partial charge in [0.2, 0.25) is 5.16 Å². The molecule has 0 unspecified atom stereocenters. The van der Waals surface area contributed by atoms with Crippen LogP contribution in [-0.4, -0.2) is 73.7 Å². The number of nitrogens with zero attached hydrogens (tertiary/aromatic N) is 5. The quantitative estimate of drug-likeness (QED) is 0.327. The van der Waals surface area contributed by atoms with Crippen molar-refractivity contribution in [3.63, 3.8) is 0 Å². The highest BCUT2D eigenvalue weighted by atomic mass is 79.9. The molecular weight excluding hydrogens is 474 g/mol. The molecule has 3 atom stereocenters. The second-order valence-electron chi connectivity index (χ2n) is 7.49. The molecule has 0 N–H and O–H groups in total. The van der Waals surface area contributed by atoms with E-state index in [1.807, 2.05) is 0 Å². The van der Waals surface area contributed by atoms with Crippen LogP contribution in [0.15, 0.2) is 16.4 Å². The maximum Gasteiger partial charge on any atom is 0.260 e. The zero-order valence-electron chi connectivity index (χ0n) is 15.9. The molecule has 0 bridgehead atoms. The zero-order valence-corrected chi connectivity index (χ0v) is 19.1. The Balaban J connectivity index is 2.12. The Kier molecular flexibility index (Phi) is 5.49. The summed E-state index contributed by atoms with van der Waals surface area (Å²) in [6.45, 7) is 5.16. The van der Waals surface area contributed by atoms with Crippen molar-refractivity contribution >= 4 is 49.2 Å². The van der Waals surface area contributed by atoms with E-state index in [9.17, 15) is 18.0 Å². The van der Waals surface area contributed by atoms with Crippen LogP contribution >= 0.6 is 27.7 Å². The van der Waals surface area contributed by atoms with Gasteiger partial charge in [0.25, 0.3) is 5.91 Å². The minimum absolute atomic E-state index is 0.107. The second-order valence-corrected chi connectivity index (χ2v) is 12.1. The van der Waals surface area contributed by atoms with Crippen molar-refractivity contribution in [1.82, 2.24) is 25.1 Å². The van der Waals surface area contributed by atoms with Crippen molar-refractivity contribution in [2.45, 2.75) is 41.6 Å². The molecule has 3 heterocycles. The lowest BCUT2D eigenvalue weighted by molar-refractivity contribution is -0.161. The molecule has 1 amide bonds. The monoisotopic (exact) mass is 493 g/mol. The Morgan fingerprint density at radius 1 is 1.36 bits per heavy atom. The number of amides is 1. The first-order chi connectivity index (χ1) is 12.9. The van der Waals surface area contributed by atoms with E-state index in [2.05, 4.69) is 31.5 Å². The number of methoxy groups -OCH3 is 1. The first-order valence-electron chi connectivity index (χ1n) is 8.28. The number of ether oxygens (including phenoxy) is 1. The molecule has 0 saturated carbocycles. The summed E-state index contributed by atoms with van der Waals surface area (Å²) in [5.74, 6) is -0.730. The number of halogens is 1. The normalized spacial score (nSPS) is 26.9. The van der Waals surface area contributed by atoms with Crippen LogP contribution in [0.25, 0.3) is 0 Å². The molecule has 2 aliphatic rings. The lowest BCUT2D eigenvalue weighted by Crippen LogP contribution is -2.71. The van der Waals surface area contributed by atoms with Gasteiger partial charge in [0.05, 0.1) is 5.70 Å². The van der Waals surface area contributed by atoms with Crippen LogP contribution < -0.4 is 0 Å². The molecule has 1 saturated heterocycles. The highest BCUT2D eigenvalue weighted by Crippen LogP contribution is 2.46. The van der Waals surface area contributed by atoms with E-state index in [1.54, 1.807) is 27.8 Å². The lowest BCUT2D eigenvalue weighted by Gasteiger charge is -2.50. The third kappa shape index (κ3) is 3.21. The van der Waals surface area contributed by atoms with E-state index in [-0.39, 0.29) is 17.2 Å². The van der Waals surface area contributed by atoms with Gasteiger partial charge in [-0.1, -0.05) is 48.5 Å². The summed E-state index contributed by atoms with van der Waals surface area (Å²) in [7, 11) is -0.914. The average Bonchev–Trinajstić information content (AvgIpc) is 3.00. The van der Waals surface area contributed by atoms with E-state index in [4.69, 9.17) is 4.74 Å². The number of allylic oxidation sites excluding steroid dienone is 1. The molecule has 13 heteroatoms. The van der Waals surface area contributed by atoms with Gasteiger partial charge in [-0.25, -0.2) is 13.1 Å². The SMILES string of the molecule is CO[C@H]1C(=O)N2C(C(=O)C(C)(C)C)=C(CSc3nnnn3C)[C@@H](Br)S(=O)(=O)[C@H]12. The predicted octanol–water partition coefficient (Wildman–Crippen LogP) is 0.504. The van der Waals surface area contributed by atoms with E-state index >= 15 is 0 Å². The smallest absolute Gasteiger partial charge is 0.260 e. The number of aromatic nitrogens is 4. The summed E-state index contributed by atoms with van der Waals surface area (Å²) in [5.41, 5.74) is -0.406. The molecule has 0 spiro atoms. The minimum atomic E-state index is -3.84. The van der Waals surface area contributed by atoms with Gasteiger partial charge in [-0.3, -0.25) is 14.5 Å². The molecule has 10 nitrogen and oxygen atoms in total. The van der Waals surface area contributed by atoms with Crippen molar-refractivity contribution in [2.75, 3.05) is 12.9 Å². The lowest BCUT2D eigenvalue weighted by atomic mass is 9.86. The third-order valence-electron chi connectivity index (χ3n) is 4.53. The van der Waals surface area contributed by atoms with E-state index < -0.39 is 36.8 Å². The highest BCUT2D eigenvalue weighted by molar-refractivity contribution is 9.11. The molecular formula is C15H20BrN5O5S2. The number of carbonyl (C=O) groups is 2. The molecule has 154 valence electrons. The van der Waals surface area contributed by atoms with Crippen LogP contribution in [0.3, 0.4) is 0 Å². The summed E-state index contributed by atoms with van der Waals surface area (Å²) in [6, 6.07) is 0. The zero-order chi connectivity index (χ0) is 21.0. The molecule has 0 radical (unpaired) electrons. The molecule has 1 fully saturated rings. The van der Waals surface area contributed by atoms with Crippen LogP contribution in [-0.2, 0) is 31.2 Å². The Labute approximate surface area is 175 Å². The van der Waals surface area contributed by atoms with Gasteiger partial charge in [-0.15, -0.1) is 5.10 Å². The van der Waals surface area contributed by atoms with Gasteiger partial charge in [-0.2, -0.15) is 0 Å². The summed E-state index contributed by atoms with van der Waals surface area (Å²) < 4.78 is 31.4. The first-order valence-corrected chi connectivity index (χ1v) is 11.8. The number of fused-ring (bicyclic) bond motifs is 1. The fraction of sp³-hybridized carbons (Fsp3) is 0.667. The molecule has 1 aromatic rings. The van der Waals surface area contributed by atoms with E-state index in [0.717, 1.165) is 4.90 Å². The van der Waals surface area contributed by atoms with E-state index in [1.165, 1.54) is 23.6 Å². The van der Waals surface area contributed by atoms with Crippen LogP contribution in [0, 0.1) is 5.41 Å². The van der Waals surface area contributed by atoms with Crippen molar-refractivity contribution in [2.24, 2.45) is 12.5 Å². The van der Waals surface area contributed by atoms with Gasteiger partial charge >= 0.3 is 0 Å².